The zero-order valence-electron chi connectivity index (χ0n) is 14.3. The number of methoxy groups -OCH3 is 1. The average molecular weight is 409 g/mol. The van der Waals surface area contributed by atoms with E-state index in [1.54, 1.807) is 18.2 Å². The Bertz CT molecular complexity index is 1090. The third kappa shape index (κ3) is 4.09. The first-order valence-electron chi connectivity index (χ1n) is 7.73. The Morgan fingerprint density at radius 2 is 2.25 bits per heavy atom. The molecule has 146 valence electrons. The molecule has 2 heterocycles. The Labute approximate surface area is 161 Å². The van der Waals surface area contributed by atoms with Gasteiger partial charge in [0.2, 0.25) is 10.6 Å². The summed E-state index contributed by atoms with van der Waals surface area (Å²) < 4.78 is 33.3. The zero-order valence-corrected chi connectivity index (χ0v) is 15.1. The number of rotatable bonds is 7. The topological polar surface area (TPSA) is 116 Å². The predicted octanol–water partition coefficient (Wildman–Crippen LogP) is 2.92. The largest absolute Gasteiger partial charge is 0.496 e. The Morgan fingerprint density at radius 1 is 1.46 bits per heavy atom. The van der Waals surface area contributed by atoms with E-state index in [0.29, 0.717) is 16.9 Å². The van der Waals surface area contributed by atoms with Gasteiger partial charge in [0.1, 0.15) is 5.75 Å². The van der Waals surface area contributed by atoms with Gasteiger partial charge in [0.25, 0.3) is 6.43 Å². The molecule has 0 amide bonds. The van der Waals surface area contributed by atoms with E-state index in [1.165, 1.54) is 30.3 Å². The molecular formula is C15H13F2N7O3S. The molecule has 1 N–H and O–H groups in total. The minimum Gasteiger partial charge on any atom is -0.496 e. The van der Waals surface area contributed by atoms with Crippen LogP contribution in [-0.4, -0.2) is 42.9 Å². The fraction of sp³-hybridized carbons (Fsp3) is 0.200. The van der Waals surface area contributed by atoms with Crippen LogP contribution in [0.1, 0.15) is 23.4 Å². The number of ether oxygens (including phenoxy) is 1. The van der Waals surface area contributed by atoms with Crippen molar-refractivity contribution in [3.05, 3.63) is 62.3 Å². The summed E-state index contributed by atoms with van der Waals surface area (Å²) in [5.41, 5.74) is 1.23. The minimum absolute atomic E-state index is 0.0656. The third-order valence-corrected chi connectivity index (χ3v) is 3.91. The number of H-pyrrole nitrogens is 1. The molecular weight excluding hydrogens is 396 g/mol. The monoisotopic (exact) mass is 409 g/mol. The molecule has 3 rings (SSSR count). The summed E-state index contributed by atoms with van der Waals surface area (Å²) in [6.07, 6.45) is -0.0314. The van der Waals surface area contributed by atoms with E-state index in [2.05, 4.69) is 20.4 Å². The fourth-order valence-electron chi connectivity index (χ4n) is 2.39. The number of halogens is 2. The van der Waals surface area contributed by atoms with Crippen LogP contribution in [0.4, 0.5) is 14.6 Å². The van der Waals surface area contributed by atoms with Gasteiger partial charge in [-0.3, -0.25) is 0 Å². The molecule has 28 heavy (non-hydrogen) atoms. The van der Waals surface area contributed by atoms with Gasteiger partial charge in [0.15, 0.2) is 0 Å². The second-order valence-corrected chi connectivity index (χ2v) is 5.83. The number of nitro groups is 1. The number of hydrogen-bond donors (Lipinski definition) is 1. The van der Waals surface area contributed by atoms with E-state index in [0.717, 1.165) is 4.68 Å². The molecule has 10 nitrogen and oxygen atoms in total. The summed E-state index contributed by atoms with van der Waals surface area (Å²) >= 11 is 4.89. The lowest BCUT2D eigenvalue weighted by Crippen LogP contribution is -2.04. The molecule has 0 aliphatic carbocycles. The quantitative estimate of drug-likeness (QED) is 0.278. The van der Waals surface area contributed by atoms with Crippen molar-refractivity contribution in [1.29, 1.82) is 0 Å². The van der Waals surface area contributed by atoms with Gasteiger partial charge < -0.3 is 14.9 Å². The molecule has 0 saturated carbocycles. The van der Waals surface area contributed by atoms with E-state index < -0.39 is 17.2 Å². The Balaban J connectivity index is 1.89. The van der Waals surface area contributed by atoms with E-state index in [1.807, 2.05) is 0 Å². The van der Waals surface area contributed by atoms with Crippen LogP contribution >= 0.6 is 12.2 Å². The number of alkyl halides is 2. The highest BCUT2D eigenvalue weighted by Gasteiger charge is 2.16. The average Bonchev–Trinajstić information content (AvgIpc) is 3.27. The van der Waals surface area contributed by atoms with Gasteiger partial charge in [0.05, 0.1) is 37.2 Å². The summed E-state index contributed by atoms with van der Waals surface area (Å²) in [4.78, 5) is 10.2. The maximum absolute atomic E-state index is 12.9. The first-order chi connectivity index (χ1) is 13.4. The van der Waals surface area contributed by atoms with Gasteiger partial charge in [-0.25, -0.2) is 13.9 Å². The van der Waals surface area contributed by atoms with Crippen LogP contribution in [0.5, 0.6) is 5.75 Å². The normalized spacial score (nSPS) is 11.4. The SMILES string of the molecule is COc1ccc(/C=N\n2c(C(F)F)n[nH]c2=S)cc1Cn1ccc([N+](=O)[O-])n1. The van der Waals surface area contributed by atoms with E-state index in [9.17, 15) is 18.9 Å². The predicted molar refractivity (Wildman–Crippen MR) is 96.3 cm³/mol. The molecule has 0 saturated heterocycles. The number of hydrogen-bond acceptors (Lipinski definition) is 7. The molecule has 3 aromatic rings. The number of aromatic nitrogens is 5. The van der Waals surface area contributed by atoms with Gasteiger partial charge in [-0.05, 0) is 40.9 Å². The molecule has 1 aromatic carbocycles. The summed E-state index contributed by atoms with van der Waals surface area (Å²) in [5.74, 6) is -0.340. The van der Waals surface area contributed by atoms with E-state index >= 15 is 0 Å². The van der Waals surface area contributed by atoms with Crippen LogP contribution in [-0.2, 0) is 6.54 Å². The molecule has 0 radical (unpaired) electrons. The van der Waals surface area contributed by atoms with Crippen molar-refractivity contribution >= 4 is 24.3 Å². The van der Waals surface area contributed by atoms with E-state index in [-0.39, 0.29) is 17.1 Å². The van der Waals surface area contributed by atoms with Crippen LogP contribution in [0, 0.1) is 14.9 Å². The highest BCUT2D eigenvalue weighted by atomic mass is 32.1. The lowest BCUT2D eigenvalue weighted by Gasteiger charge is -2.08. The first kappa shape index (κ1) is 19.3. The molecule has 0 aliphatic rings. The maximum atomic E-state index is 12.9. The second kappa shape index (κ2) is 8.04. The number of nitrogens with zero attached hydrogens (tertiary/aromatic N) is 6. The molecule has 0 bridgehead atoms. The summed E-state index contributed by atoms with van der Waals surface area (Å²) in [5, 5.41) is 24.3. The zero-order chi connectivity index (χ0) is 20.3. The lowest BCUT2D eigenvalue weighted by molar-refractivity contribution is -0.389. The van der Waals surface area contributed by atoms with Crippen LogP contribution < -0.4 is 4.74 Å². The van der Waals surface area contributed by atoms with Crippen molar-refractivity contribution in [3.63, 3.8) is 0 Å². The molecule has 2 aromatic heterocycles. The summed E-state index contributed by atoms with van der Waals surface area (Å²) in [6, 6.07) is 6.31. The van der Waals surface area contributed by atoms with Gasteiger partial charge in [-0.2, -0.15) is 19.6 Å². The lowest BCUT2D eigenvalue weighted by atomic mass is 10.1. The summed E-state index contributed by atoms with van der Waals surface area (Å²) in [6.45, 7) is 0.201. The van der Waals surface area contributed by atoms with Crippen molar-refractivity contribution < 1.29 is 18.4 Å². The fourth-order valence-corrected chi connectivity index (χ4v) is 2.58. The molecule has 0 unspecified atom stereocenters. The van der Waals surface area contributed by atoms with Crippen LogP contribution in [0.3, 0.4) is 0 Å². The van der Waals surface area contributed by atoms with Gasteiger partial charge >= 0.3 is 5.82 Å². The summed E-state index contributed by atoms with van der Waals surface area (Å²) in [7, 11) is 1.48. The van der Waals surface area contributed by atoms with Gasteiger partial charge in [0, 0.05) is 5.56 Å². The highest BCUT2D eigenvalue weighted by molar-refractivity contribution is 7.71. The standard InChI is InChI=1S/C15H13F2N7O3S/c1-27-11-3-2-9(7-18-23-14(13(16)17)19-20-15(23)28)6-10(11)8-22-5-4-12(21-22)24(25)26/h2-7,13H,8H2,1H3,(H,20,28)/b18-7-. The number of nitrogens with one attached hydrogen (secondary N) is 1. The minimum atomic E-state index is -2.84. The van der Waals surface area contributed by atoms with Crippen LogP contribution in [0.25, 0.3) is 0 Å². The Hall–Kier alpha value is -3.48. The van der Waals surface area contributed by atoms with E-state index in [4.69, 9.17) is 17.0 Å². The highest BCUT2D eigenvalue weighted by Crippen LogP contribution is 2.21. The smallest absolute Gasteiger partial charge is 0.389 e. The third-order valence-electron chi connectivity index (χ3n) is 3.64. The van der Waals surface area contributed by atoms with Crippen molar-refractivity contribution in [3.8, 4) is 5.75 Å². The molecule has 13 heteroatoms. The molecule has 0 fully saturated rings. The van der Waals surface area contributed by atoms with Crippen LogP contribution in [0.15, 0.2) is 35.6 Å². The molecule has 0 aliphatic heterocycles. The molecule has 0 spiro atoms. The van der Waals surface area contributed by atoms with Gasteiger partial charge in [-0.15, -0.1) is 0 Å². The molecule has 0 atom stereocenters. The second-order valence-electron chi connectivity index (χ2n) is 5.44. The van der Waals surface area contributed by atoms with Crippen molar-refractivity contribution in [2.24, 2.45) is 5.10 Å². The Morgan fingerprint density at radius 3 is 2.89 bits per heavy atom. The Kier molecular flexibility index (Phi) is 5.54. The maximum Gasteiger partial charge on any atom is 0.389 e. The first-order valence-corrected chi connectivity index (χ1v) is 8.14. The van der Waals surface area contributed by atoms with Crippen LogP contribution in [0.2, 0.25) is 0 Å². The van der Waals surface area contributed by atoms with Crippen molar-refractivity contribution in [2.75, 3.05) is 7.11 Å². The number of aromatic amines is 1. The van der Waals surface area contributed by atoms with Gasteiger partial charge in [-0.1, -0.05) is 0 Å². The number of benzene rings is 1. The van der Waals surface area contributed by atoms with Crippen molar-refractivity contribution in [1.82, 2.24) is 24.7 Å². The van der Waals surface area contributed by atoms with Crippen molar-refractivity contribution in [2.45, 2.75) is 13.0 Å².